The first-order valence-corrected chi connectivity index (χ1v) is 10.6. The van der Waals surface area contributed by atoms with Gasteiger partial charge in [-0.3, -0.25) is 4.79 Å². The topological polar surface area (TPSA) is 67.9 Å². The molecule has 2 amide bonds. The van der Waals surface area contributed by atoms with Crippen LogP contribution >= 0.6 is 11.6 Å². The average molecular weight is 433 g/mol. The highest BCUT2D eigenvalue weighted by atomic mass is 35.5. The fourth-order valence-corrected chi connectivity index (χ4v) is 3.65. The van der Waals surface area contributed by atoms with E-state index in [0.29, 0.717) is 31.3 Å². The predicted octanol–water partition coefficient (Wildman–Crippen LogP) is 4.44. The van der Waals surface area contributed by atoms with Gasteiger partial charge in [-0.05, 0) is 69.4 Å². The van der Waals surface area contributed by atoms with Gasteiger partial charge in [0.2, 0.25) is 5.91 Å². The van der Waals surface area contributed by atoms with Crippen molar-refractivity contribution in [3.63, 3.8) is 0 Å². The van der Waals surface area contributed by atoms with Crippen molar-refractivity contribution in [2.24, 2.45) is 5.92 Å². The van der Waals surface area contributed by atoms with Crippen LogP contribution in [0.4, 0.5) is 4.79 Å². The quantitative estimate of drug-likeness (QED) is 0.714. The molecule has 0 spiro atoms. The molecule has 0 bridgehead atoms. The second-order valence-corrected chi connectivity index (χ2v) is 9.14. The van der Waals surface area contributed by atoms with Gasteiger partial charge in [0.1, 0.15) is 18.0 Å². The lowest BCUT2D eigenvalue weighted by molar-refractivity contribution is -0.116. The van der Waals surface area contributed by atoms with Crippen LogP contribution in [-0.4, -0.2) is 48.7 Å². The number of nitrogens with zero attached hydrogens (tertiary/aromatic N) is 1. The highest BCUT2D eigenvalue weighted by Gasteiger charge is 2.27. The van der Waals surface area contributed by atoms with Gasteiger partial charge in [-0.2, -0.15) is 0 Å². The van der Waals surface area contributed by atoms with Gasteiger partial charge in [0, 0.05) is 36.3 Å². The van der Waals surface area contributed by atoms with E-state index in [1.54, 1.807) is 17.0 Å². The van der Waals surface area contributed by atoms with Crippen LogP contribution in [0.1, 0.15) is 39.2 Å². The van der Waals surface area contributed by atoms with Crippen LogP contribution in [0.3, 0.4) is 0 Å². The number of nitrogens with one attached hydrogen (secondary N) is 1. The zero-order valence-corrected chi connectivity index (χ0v) is 18.5. The van der Waals surface area contributed by atoms with Crippen molar-refractivity contribution in [2.45, 2.75) is 39.2 Å². The fraction of sp³-hybridized carbons (Fsp3) is 0.478. The Balaban J connectivity index is 1.48. The highest BCUT2D eigenvalue weighted by molar-refractivity contribution is 6.30. The van der Waals surface area contributed by atoms with E-state index in [0.717, 1.165) is 29.7 Å². The van der Waals surface area contributed by atoms with Crippen LogP contribution in [0.5, 0.6) is 5.75 Å². The molecule has 2 aliphatic rings. The number of likely N-dealkylation sites (tertiary alicyclic amines) is 1. The summed E-state index contributed by atoms with van der Waals surface area (Å²) < 4.78 is 11.1. The van der Waals surface area contributed by atoms with Gasteiger partial charge < -0.3 is 19.7 Å². The molecule has 0 saturated carbocycles. The first kappa shape index (κ1) is 22.2. The zero-order valence-electron chi connectivity index (χ0n) is 17.7. The molecule has 1 aromatic rings. The Morgan fingerprint density at radius 2 is 2.17 bits per heavy atom. The minimum absolute atomic E-state index is 0.165. The van der Waals surface area contributed by atoms with Gasteiger partial charge in [0.15, 0.2) is 0 Å². The summed E-state index contributed by atoms with van der Waals surface area (Å²) in [6.45, 7) is 7.80. The maximum Gasteiger partial charge on any atom is 0.410 e. The molecule has 1 N–H and O–H groups in total. The van der Waals surface area contributed by atoms with E-state index in [1.165, 1.54) is 6.08 Å². The van der Waals surface area contributed by atoms with Gasteiger partial charge in [-0.15, -0.1) is 0 Å². The molecule has 0 radical (unpaired) electrons. The van der Waals surface area contributed by atoms with E-state index >= 15 is 0 Å². The molecular formula is C23H29ClN2O4. The van der Waals surface area contributed by atoms with Crippen LogP contribution in [0.2, 0.25) is 5.02 Å². The number of rotatable bonds is 4. The van der Waals surface area contributed by atoms with Crippen molar-refractivity contribution in [3.8, 4) is 5.75 Å². The Bertz CT molecular complexity index is 857. The maximum absolute atomic E-state index is 12.3. The van der Waals surface area contributed by atoms with Crippen molar-refractivity contribution in [1.29, 1.82) is 0 Å². The SMILES string of the molecule is CC(C)(C)OC(=O)N1CCCC(CNC(=O)/C=C/C2=Cc3cc(Cl)ccc3OC2)C1. The molecule has 1 saturated heterocycles. The molecule has 2 heterocycles. The van der Waals surface area contributed by atoms with Gasteiger partial charge in [-0.1, -0.05) is 17.7 Å². The fourth-order valence-electron chi connectivity index (χ4n) is 3.47. The summed E-state index contributed by atoms with van der Waals surface area (Å²) in [6, 6.07) is 5.47. The minimum atomic E-state index is -0.508. The number of piperidine rings is 1. The molecule has 3 rings (SSSR count). The predicted molar refractivity (Wildman–Crippen MR) is 118 cm³/mol. The van der Waals surface area contributed by atoms with Gasteiger partial charge in [0.25, 0.3) is 0 Å². The van der Waals surface area contributed by atoms with Crippen LogP contribution in [0.15, 0.2) is 35.9 Å². The molecule has 7 heteroatoms. The van der Waals surface area contributed by atoms with Gasteiger partial charge in [-0.25, -0.2) is 4.79 Å². The molecule has 1 unspecified atom stereocenters. The summed E-state index contributed by atoms with van der Waals surface area (Å²) >= 11 is 6.03. The monoisotopic (exact) mass is 432 g/mol. The Morgan fingerprint density at radius 3 is 2.93 bits per heavy atom. The molecule has 2 aliphatic heterocycles. The molecule has 1 aromatic carbocycles. The Hall–Kier alpha value is -2.47. The first-order valence-electron chi connectivity index (χ1n) is 10.3. The largest absolute Gasteiger partial charge is 0.488 e. The third kappa shape index (κ3) is 6.52. The van der Waals surface area contributed by atoms with E-state index < -0.39 is 5.60 Å². The average Bonchev–Trinajstić information content (AvgIpc) is 2.69. The van der Waals surface area contributed by atoms with E-state index in [2.05, 4.69) is 5.32 Å². The minimum Gasteiger partial charge on any atom is -0.488 e. The van der Waals surface area contributed by atoms with Gasteiger partial charge in [0.05, 0.1) is 0 Å². The summed E-state index contributed by atoms with van der Waals surface area (Å²) in [5.41, 5.74) is 1.29. The number of halogens is 1. The maximum atomic E-state index is 12.3. The molecule has 0 aliphatic carbocycles. The normalized spacial score (nSPS) is 19.0. The number of benzene rings is 1. The summed E-state index contributed by atoms with van der Waals surface area (Å²) in [7, 11) is 0. The number of fused-ring (bicyclic) bond motifs is 1. The third-order valence-corrected chi connectivity index (χ3v) is 5.13. The van der Waals surface area contributed by atoms with Crippen LogP contribution in [0.25, 0.3) is 6.08 Å². The number of amides is 2. The highest BCUT2D eigenvalue weighted by Crippen LogP contribution is 2.29. The van der Waals surface area contributed by atoms with E-state index in [1.807, 2.05) is 39.0 Å². The number of ether oxygens (including phenoxy) is 2. The van der Waals surface area contributed by atoms with Crippen molar-refractivity contribution in [2.75, 3.05) is 26.2 Å². The summed E-state index contributed by atoms with van der Waals surface area (Å²) in [5, 5.41) is 3.58. The molecule has 1 atom stereocenters. The first-order chi connectivity index (χ1) is 14.2. The van der Waals surface area contributed by atoms with E-state index in [-0.39, 0.29) is 17.9 Å². The van der Waals surface area contributed by atoms with E-state index in [9.17, 15) is 9.59 Å². The second kappa shape index (κ2) is 9.56. The standard InChI is InChI=1S/C23H29ClN2O4/c1-23(2,3)30-22(28)26-10-4-5-17(14-26)13-25-21(27)9-6-16-11-18-12-19(24)7-8-20(18)29-15-16/h6-9,11-12,17H,4-5,10,13-15H2,1-3H3,(H,25,27)/b9-6+. The Morgan fingerprint density at radius 1 is 1.37 bits per heavy atom. The molecule has 162 valence electrons. The van der Waals surface area contributed by atoms with E-state index in [4.69, 9.17) is 21.1 Å². The number of carbonyl (C=O) groups is 2. The number of hydrogen-bond acceptors (Lipinski definition) is 4. The number of hydrogen-bond donors (Lipinski definition) is 1. The van der Waals surface area contributed by atoms with Crippen molar-refractivity contribution < 1.29 is 19.1 Å². The summed E-state index contributed by atoms with van der Waals surface area (Å²) in [5.74, 6) is 0.838. The Kier molecular flexibility index (Phi) is 7.08. The van der Waals surface area contributed by atoms with Crippen molar-refractivity contribution in [3.05, 3.63) is 46.5 Å². The Labute approximate surface area is 182 Å². The molecule has 30 heavy (non-hydrogen) atoms. The van der Waals surface area contributed by atoms with Crippen molar-refractivity contribution in [1.82, 2.24) is 10.2 Å². The lowest BCUT2D eigenvalue weighted by Crippen LogP contribution is -2.45. The van der Waals surface area contributed by atoms with Crippen molar-refractivity contribution >= 4 is 29.7 Å². The second-order valence-electron chi connectivity index (χ2n) is 8.70. The molecule has 1 fully saturated rings. The lowest BCUT2D eigenvalue weighted by Gasteiger charge is -2.34. The molecule has 6 nitrogen and oxygen atoms in total. The van der Waals surface area contributed by atoms with Crippen LogP contribution in [0, 0.1) is 5.92 Å². The van der Waals surface area contributed by atoms with Crippen LogP contribution < -0.4 is 10.1 Å². The molecule has 0 aromatic heterocycles. The smallest absolute Gasteiger partial charge is 0.410 e. The van der Waals surface area contributed by atoms with Crippen LogP contribution in [-0.2, 0) is 9.53 Å². The summed E-state index contributed by atoms with van der Waals surface area (Å²) in [6.07, 6.45) is 6.82. The summed E-state index contributed by atoms with van der Waals surface area (Å²) in [4.78, 5) is 26.2. The number of carbonyl (C=O) groups excluding carboxylic acids is 2. The van der Waals surface area contributed by atoms with Gasteiger partial charge >= 0.3 is 6.09 Å². The zero-order chi connectivity index (χ0) is 21.7. The lowest BCUT2D eigenvalue weighted by atomic mass is 9.98. The molecular weight excluding hydrogens is 404 g/mol. The third-order valence-electron chi connectivity index (χ3n) is 4.89.